The van der Waals surface area contributed by atoms with E-state index in [2.05, 4.69) is 21.8 Å². The van der Waals surface area contributed by atoms with Crippen LogP contribution in [0, 0.1) is 34.4 Å². The number of amides is 1. The number of hydrogen-bond donors (Lipinski definition) is 2. The fourth-order valence-corrected chi connectivity index (χ4v) is 4.37. The molecule has 0 aliphatic heterocycles. The molecule has 3 aromatic carbocycles. The smallest absolute Gasteiger partial charge is 0.274 e. The highest BCUT2D eigenvalue weighted by Crippen LogP contribution is 2.31. The van der Waals surface area contributed by atoms with Crippen molar-refractivity contribution in [3.8, 4) is 17.8 Å². The van der Waals surface area contributed by atoms with Crippen molar-refractivity contribution in [3.05, 3.63) is 113 Å². The maximum Gasteiger partial charge on any atom is 0.274 e. The van der Waals surface area contributed by atoms with Gasteiger partial charge in [-0.25, -0.2) is 9.07 Å². The highest BCUT2D eigenvalue weighted by molar-refractivity contribution is 6.03. The molecule has 0 spiro atoms. The predicted octanol–water partition coefficient (Wildman–Crippen LogP) is 5.29. The second-order valence-corrected chi connectivity index (χ2v) is 9.33. The van der Waals surface area contributed by atoms with Gasteiger partial charge in [-0.05, 0) is 66.3 Å². The van der Waals surface area contributed by atoms with Crippen molar-refractivity contribution in [2.45, 2.75) is 25.3 Å². The van der Waals surface area contributed by atoms with Crippen molar-refractivity contribution in [2.24, 2.45) is 5.92 Å². The summed E-state index contributed by atoms with van der Waals surface area (Å²) in [6.45, 7) is 0.861. The van der Waals surface area contributed by atoms with E-state index in [4.69, 9.17) is 5.26 Å². The lowest BCUT2D eigenvalue weighted by Crippen LogP contribution is -2.25. The first-order valence-electron chi connectivity index (χ1n) is 12.4. The van der Waals surface area contributed by atoms with Crippen molar-refractivity contribution in [3.63, 3.8) is 0 Å². The van der Waals surface area contributed by atoms with Crippen LogP contribution in [0.1, 0.15) is 51.8 Å². The Morgan fingerprint density at radius 2 is 1.84 bits per heavy atom. The molecule has 7 nitrogen and oxygen atoms in total. The summed E-state index contributed by atoms with van der Waals surface area (Å²) >= 11 is 0. The second kappa shape index (κ2) is 11.1. The molecule has 1 atom stereocenters. The summed E-state index contributed by atoms with van der Waals surface area (Å²) in [7, 11) is 0. The Labute approximate surface area is 220 Å². The van der Waals surface area contributed by atoms with Crippen LogP contribution in [0.5, 0.6) is 0 Å². The van der Waals surface area contributed by atoms with Crippen molar-refractivity contribution >= 4 is 11.6 Å². The molecule has 1 unspecified atom stereocenters. The molecule has 1 aromatic heterocycles. The summed E-state index contributed by atoms with van der Waals surface area (Å²) in [5.41, 5.74) is 3.29. The summed E-state index contributed by atoms with van der Waals surface area (Å²) in [6, 6.07) is 26.9. The second-order valence-electron chi connectivity index (χ2n) is 9.33. The van der Waals surface area contributed by atoms with E-state index in [9.17, 15) is 14.4 Å². The minimum absolute atomic E-state index is 0.0335. The molecule has 1 aliphatic carbocycles. The molecule has 8 heteroatoms. The van der Waals surface area contributed by atoms with Gasteiger partial charge in [0.1, 0.15) is 17.6 Å². The molecule has 188 valence electrons. The average molecular weight is 505 g/mol. The van der Waals surface area contributed by atoms with Gasteiger partial charge in [0.15, 0.2) is 5.69 Å². The van der Waals surface area contributed by atoms with Gasteiger partial charge >= 0.3 is 0 Å². The molecule has 4 aromatic rings. The molecule has 1 saturated carbocycles. The Kier molecular flexibility index (Phi) is 7.26. The van der Waals surface area contributed by atoms with Gasteiger partial charge in [0.25, 0.3) is 5.91 Å². The van der Waals surface area contributed by atoms with Gasteiger partial charge < -0.3 is 10.6 Å². The summed E-state index contributed by atoms with van der Waals surface area (Å²) in [4.78, 5) is 13.4. The van der Waals surface area contributed by atoms with Crippen LogP contribution >= 0.6 is 0 Å². The van der Waals surface area contributed by atoms with Crippen LogP contribution in [-0.4, -0.2) is 22.2 Å². The van der Waals surface area contributed by atoms with Crippen molar-refractivity contribution in [1.82, 2.24) is 15.1 Å². The molecule has 1 amide bonds. The zero-order valence-corrected chi connectivity index (χ0v) is 20.6. The van der Waals surface area contributed by atoms with E-state index in [1.54, 1.807) is 36.4 Å². The number of rotatable bonds is 9. The standard InChI is InChI=1S/C30H25FN6O/c31-26-12-11-23(29(34-19-21-9-10-21)22-6-2-1-3-7-22)16-27(26)35-30(38)28-17-24(18-33)36-37(28)25-8-4-5-20(15-25)13-14-32/h1-8,11-12,15-17,21,29,34H,9-10,13,19H2,(H,35,38). The predicted molar refractivity (Wildman–Crippen MR) is 141 cm³/mol. The van der Waals surface area contributed by atoms with Crippen LogP contribution in [-0.2, 0) is 6.42 Å². The molecule has 38 heavy (non-hydrogen) atoms. The summed E-state index contributed by atoms with van der Waals surface area (Å²) in [5.74, 6) is -0.524. The minimum Gasteiger partial charge on any atom is -0.318 e. The maximum absolute atomic E-state index is 14.9. The van der Waals surface area contributed by atoms with E-state index in [1.165, 1.54) is 29.7 Å². The third-order valence-corrected chi connectivity index (χ3v) is 6.51. The molecule has 0 radical (unpaired) electrons. The maximum atomic E-state index is 14.9. The molecule has 2 N–H and O–H groups in total. The first kappa shape index (κ1) is 24.9. The molecule has 0 saturated heterocycles. The van der Waals surface area contributed by atoms with Crippen LogP contribution in [0.25, 0.3) is 5.69 Å². The number of nitrogens with zero attached hydrogens (tertiary/aromatic N) is 4. The lowest BCUT2D eigenvalue weighted by Gasteiger charge is -2.21. The molecule has 5 rings (SSSR count). The molecule has 1 fully saturated rings. The number of hydrogen-bond acceptors (Lipinski definition) is 5. The summed E-state index contributed by atoms with van der Waals surface area (Å²) < 4.78 is 16.3. The number of aromatic nitrogens is 2. The lowest BCUT2D eigenvalue weighted by molar-refractivity contribution is 0.101. The Hall–Kier alpha value is -4.79. The molecular weight excluding hydrogens is 479 g/mol. The van der Waals surface area contributed by atoms with Gasteiger partial charge in [-0.2, -0.15) is 15.6 Å². The molecule has 1 heterocycles. The lowest BCUT2D eigenvalue weighted by atomic mass is 9.97. The van der Waals surface area contributed by atoms with Gasteiger partial charge in [0.05, 0.1) is 29.9 Å². The summed E-state index contributed by atoms with van der Waals surface area (Å²) in [5, 5.41) is 28.9. The topological polar surface area (TPSA) is 107 Å². The third-order valence-electron chi connectivity index (χ3n) is 6.51. The van der Waals surface area contributed by atoms with E-state index in [0.717, 1.165) is 23.2 Å². The monoisotopic (exact) mass is 504 g/mol. The van der Waals surface area contributed by atoms with E-state index >= 15 is 0 Å². The zero-order chi connectivity index (χ0) is 26.5. The first-order valence-corrected chi connectivity index (χ1v) is 12.4. The molecule has 1 aliphatic rings. The van der Waals surface area contributed by atoms with Crippen LogP contribution in [0.2, 0.25) is 0 Å². The number of nitrogens with one attached hydrogen (secondary N) is 2. The van der Waals surface area contributed by atoms with Crippen LogP contribution < -0.4 is 10.6 Å². The Morgan fingerprint density at radius 3 is 2.58 bits per heavy atom. The number of carbonyl (C=O) groups is 1. The molecular formula is C30H25FN6O. The summed E-state index contributed by atoms with van der Waals surface area (Å²) in [6.07, 6.45) is 2.60. The van der Waals surface area contributed by atoms with Gasteiger partial charge in [0, 0.05) is 6.07 Å². The molecule has 0 bridgehead atoms. The minimum atomic E-state index is -0.608. The Morgan fingerprint density at radius 1 is 1.03 bits per heavy atom. The van der Waals surface area contributed by atoms with Crippen LogP contribution in [0.15, 0.2) is 78.9 Å². The SMILES string of the molecule is N#CCc1cccc(-n2nc(C#N)cc2C(=O)Nc2cc(C(NCC3CC3)c3ccccc3)ccc2F)c1. The first-order chi connectivity index (χ1) is 18.6. The van der Waals surface area contributed by atoms with Crippen LogP contribution in [0.3, 0.4) is 0 Å². The number of carbonyl (C=O) groups excluding carboxylic acids is 1. The number of halogens is 1. The fraction of sp³-hybridized carbons (Fsp3) is 0.200. The van der Waals surface area contributed by atoms with E-state index in [0.29, 0.717) is 11.6 Å². The van der Waals surface area contributed by atoms with Crippen molar-refractivity contribution < 1.29 is 9.18 Å². The largest absolute Gasteiger partial charge is 0.318 e. The highest BCUT2D eigenvalue weighted by atomic mass is 19.1. The van der Waals surface area contributed by atoms with Gasteiger partial charge in [0.2, 0.25) is 0 Å². The van der Waals surface area contributed by atoms with Gasteiger partial charge in [-0.15, -0.1) is 0 Å². The number of benzene rings is 3. The van der Waals surface area contributed by atoms with Crippen molar-refractivity contribution in [1.29, 1.82) is 10.5 Å². The number of anilines is 1. The van der Waals surface area contributed by atoms with E-state index in [-0.39, 0.29) is 29.5 Å². The van der Waals surface area contributed by atoms with Crippen LogP contribution in [0.4, 0.5) is 10.1 Å². The van der Waals surface area contributed by atoms with E-state index < -0.39 is 11.7 Å². The zero-order valence-electron chi connectivity index (χ0n) is 20.6. The Balaban J connectivity index is 1.45. The average Bonchev–Trinajstić information content (AvgIpc) is 3.66. The Bertz CT molecular complexity index is 1550. The quantitative estimate of drug-likeness (QED) is 0.322. The van der Waals surface area contributed by atoms with E-state index in [1.807, 2.05) is 36.4 Å². The number of nitriles is 2. The van der Waals surface area contributed by atoms with Gasteiger partial charge in [-0.1, -0.05) is 48.5 Å². The van der Waals surface area contributed by atoms with Gasteiger partial charge in [-0.3, -0.25) is 4.79 Å². The fourth-order valence-electron chi connectivity index (χ4n) is 4.37. The highest BCUT2D eigenvalue weighted by Gasteiger charge is 2.24. The normalized spacial score (nSPS) is 13.3. The third kappa shape index (κ3) is 5.62. The van der Waals surface area contributed by atoms with Crippen molar-refractivity contribution in [2.75, 3.05) is 11.9 Å².